The molecule has 3 nitrogen and oxygen atoms in total. The Bertz CT molecular complexity index is 552. The molecule has 2 bridgehead atoms. The van der Waals surface area contributed by atoms with Crippen LogP contribution >= 0.6 is 0 Å². The molecule has 1 amide bonds. The molecular formula is C16H21FN2O. The monoisotopic (exact) mass is 276 g/mol. The van der Waals surface area contributed by atoms with Gasteiger partial charge in [-0.2, -0.15) is 0 Å². The van der Waals surface area contributed by atoms with E-state index in [1.54, 1.807) is 0 Å². The largest absolute Gasteiger partial charge is 0.348 e. The lowest BCUT2D eigenvalue weighted by molar-refractivity contribution is 0.0734. The number of hydrogen-bond donors (Lipinski definition) is 1. The maximum absolute atomic E-state index is 13.7. The Morgan fingerprint density at radius 2 is 2.20 bits per heavy atom. The maximum Gasteiger partial charge on any atom is 0.254 e. The molecule has 4 heteroatoms. The van der Waals surface area contributed by atoms with E-state index < -0.39 is 5.82 Å². The number of nitrogens with one attached hydrogen (secondary N) is 1. The molecule has 2 aliphatic carbocycles. The van der Waals surface area contributed by atoms with Gasteiger partial charge in [-0.25, -0.2) is 4.39 Å². The number of hydrogen-bond acceptors (Lipinski definition) is 2. The van der Waals surface area contributed by atoms with Crippen LogP contribution in [-0.2, 0) is 0 Å². The zero-order valence-electron chi connectivity index (χ0n) is 12.2. The molecule has 2 aliphatic rings. The summed E-state index contributed by atoms with van der Waals surface area (Å²) >= 11 is 0. The van der Waals surface area contributed by atoms with Crippen molar-refractivity contribution in [3.05, 3.63) is 29.8 Å². The van der Waals surface area contributed by atoms with Gasteiger partial charge in [0.1, 0.15) is 0 Å². The highest BCUT2D eigenvalue weighted by molar-refractivity contribution is 5.94. The average molecular weight is 276 g/mol. The lowest BCUT2D eigenvalue weighted by Crippen LogP contribution is -2.52. The van der Waals surface area contributed by atoms with Crippen molar-refractivity contribution in [1.82, 2.24) is 10.3 Å². The third-order valence-corrected chi connectivity index (χ3v) is 5.56. The van der Waals surface area contributed by atoms with Crippen LogP contribution < -0.4 is 5.32 Å². The first kappa shape index (κ1) is 13.5. The second-order valence-electron chi connectivity index (χ2n) is 7.18. The second kappa shape index (κ2) is 4.27. The average Bonchev–Trinajstić information content (AvgIpc) is 2.86. The third kappa shape index (κ3) is 1.85. The second-order valence-corrected chi connectivity index (χ2v) is 7.18. The Labute approximate surface area is 119 Å². The highest BCUT2D eigenvalue weighted by Crippen LogP contribution is 2.62. The molecule has 0 saturated heterocycles. The van der Waals surface area contributed by atoms with E-state index in [1.807, 2.05) is 0 Å². The fraction of sp³-hybridized carbons (Fsp3) is 0.625. The standard InChI is InChI=1S/C16H21FN2O/c1-15(2)10-4-6-16(3,8-10)14(15)19-13(20)11-5-7-18-9-12(11)17/h5,7,9-10,14H,4,6,8H2,1-3H3,(H,19,20). The maximum atomic E-state index is 13.7. The van der Waals surface area contributed by atoms with Gasteiger partial charge >= 0.3 is 0 Å². The van der Waals surface area contributed by atoms with Crippen LogP contribution in [0, 0.1) is 22.6 Å². The molecule has 1 aromatic rings. The van der Waals surface area contributed by atoms with Gasteiger partial charge in [-0.3, -0.25) is 9.78 Å². The Kier molecular flexibility index (Phi) is 2.89. The summed E-state index contributed by atoms with van der Waals surface area (Å²) in [6, 6.07) is 1.54. The zero-order valence-corrected chi connectivity index (χ0v) is 12.2. The highest BCUT2D eigenvalue weighted by atomic mass is 19.1. The van der Waals surface area contributed by atoms with E-state index in [-0.39, 0.29) is 28.3 Å². The Balaban J connectivity index is 1.85. The van der Waals surface area contributed by atoms with Gasteiger partial charge in [-0.15, -0.1) is 0 Å². The van der Waals surface area contributed by atoms with Gasteiger partial charge in [0.2, 0.25) is 0 Å². The number of amides is 1. The van der Waals surface area contributed by atoms with Crippen molar-refractivity contribution in [1.29, 1.82) is 0 Å². The van der Waals surface area contributed by atoms with Crippen LogP contribution in [0.1, 0.15) is 50.4 Å². The van der Waals surface area contributed by atoms with Gasteiger partial charge in [0.25, 0.3) is 5.91 Å². The van der Waals surface area contributed by atoms with Crippen LogP contribution in [0.3, 0.4) is 0 Å². The first-order chi connectivity index (χ1) is 9.34. The first-order valence-electron chi connectivity index (χ1n) is 7.25. The molecule has 3 atom stereocenters. The van der Waals surface area contributed by atoms with Gasteiger partial charge < -0.3 is 5.32 Å². The van der Waals surface area contributed by atoms with Crippen molar-refractivity contribution in [3.63, 3.8) is 0 Å². The predicted molar refractivity (Wildman–Crippen MR) is 74.7 cm³/mol. The topological polar surface area (TPSA) is 42.0 Å². The molecule has 3 rings (SSSR count). The number of carbonyl (C=O) groups excluding carboxylic acids is 1. The molecule has 3 unspecified atom stereocenters. The van der Waals surface area contributed by atoms with E-state index >= 15 is 0 Å². The van der Waals surface area contributed by atoms with Crippen molar-refractivity contribution in [2.24, 2.45) is 16.7 Å². The number of carbonyl (C=O) groups is 1. The molecule has 20 heavy (non-hydrogen) atoms. The van der Waals surface area contributed by atoms with Gasteiger partial charge in [-0.05, 0) is 42.1 Å². The van der Waals surface area contributed by atoms with Crippen LogP contribution in [0.5, 0.6) is 0 Å². The number of halogens is 1. The van der Waals surface area contributed by atoms with Gasteiger partial charge in [0, 0.05) is 12.2 Å². The Morgan fingerprint density at radius 1 is 1.45 bits per heavy atom. The van der Waals surface area contributed by atoms with E-state index in [2.05, 4.69) is 31.1 Å². The van der Waals surface area contributed by atoms with Crippen molar-refractivity contribution in [2.45, 2.75) is 46.1 Å². The van der Waals surface area contributed by atoms with E-state index in [0.717, 1.165) is 19.0 Å². The molecule has 0 spiro atoms. The van der Waals surface area contributed by atoms with E-state index in [9.17, 15) is 9.18 Å². The molecule has 1 N–H and O–H groups in total. The molecule has 1 heterocycles. The summed E-state index contributed by atoms with van der Waals surface area (Å²) in [5.41, 5.74) is 0.307. The smallest absolute Gasteiger partial charge is 0.254 e. The van der Waals surface area contributed by atoms with Crippen molar-refractivity contribution >= 4 is 5.91 Å². The molecule has 1 aromatic heterocycles. The lowest BCUT2D eigenvalue weighted by atomic mass is 9.68. The molecule has 0 aliphatic heterocycles. The minimum Gasteiger partial charge on any atom is -0.348 e. The molecular weight excluding hydrogens is 255 g/mol. The van der Waals surface area contributed by atoms with E-state index in [0.29, 0.717) is 5.92 Å². The fourth-order valence-electron chi connectivity index (χ4n) is 4.43. The van der Waals surface area contributed by atoms with Crippen LogP contribution in [0.4, 0.5) is 4.39 Å². The summed E-state index contributed by atoms with van der Waals surface area (Å²) in [5, 5.41) is 3.09. The predicted octanol–water partition coefficient (Wildman–Crippen LogP) is 3.17. The number of nitrogens with zero attached hydrogens (tertiary/aromatic N) is 1. The van der Waals surface area contributed by atoms with Gasteiger partial charge in [-0.1, -0.05) is 20.8 Å². The summed E-state index contributed by atoms with van der Waals surface area (Å²) in [6.07, 6.45) is 6.07. The van der Waals surface area contributed by atoms with Gasteiger partial charge in [0.05, 0.1) is 11.8 Å². The quantitative estimate of drug-likeness (QED) is 0.901. The van der Waals surface area contributed by atoms with Crippen LogP contribution in [0.15, 0.2) is 18.5 Å². The molecule has 2 fully saturated rings. The summed E-state index contributed by atoms with van der Waals surface area (Å²) in [5.74, 6) is -0.229. The molecule has 0 radical (unpaired) electrons. The van der Waals surface area contributed by atoms with Crippen LogP contribution in [0.25, 0.3) is 0 Å². The summed E-state index contributed by atoms with van der Waals surface area (Å²) in [6.45, 7) is 6.68. The van der Waals surface area contributed by atoms with Crippen molar-refractivity contribution in [2.75, 3.05) is 0 Å². The zero-order chi connectivity index (χ0) is 14.5. The van der Waals surface area contributed by atoms with Crippen molar-refractivity contribution < 1.29 is 9.18 Å². The SMILES string of the molecule is CC12CCC(C1)C(C)(C)C2NC(=O)c1ccncc1F. The minimum atomic E-state index is -0.559. The van der Waals surface area contributed by atoms with Gasteiger partial charge in [0.15, 0.2) is 5.82 Å². The number of aromatic nitrogens is 1. The van der Waals surface area contributed by atoms with E-state index in [1.165, 1.54) is 18.7 Å². The van der Waals surface area contributed by atoms with E-state index in [4.69, 9.17) is 0 Å². The van der Waals surface area contributed by atoms with Crippen LogP contribution in [0.2, 0.25) is 0 Å². The fourth-order valence-corrected chi connectivity index (χ4v) is 4.43. The number of rotatable bonds is 2. The summed E-state index contributed by atoms with van der Waals surface area (Å²) in [7, 11) is 0. The highest BCUT2D eigenvalue weighted by Gasteiger charge is 2.59. The summed E-state index contributed by atoms with van der Waals surface area (Å²) < 4.78 is 13.7. The Morgan fingerprint density at radius 3 is 2.80 bits per heavy atom. The molecule has 108 valence electrons. The molecule has 2 saturated carbocycles. The van der Waals surface area contributed by atoms with Crippen LogP contribution in [-0.4, -0.2) is 16.9 Å². The Hall–Kier alpha value is -1.45. The minimum absolute atomic E-state index is 0.0756. The first-order valence-corrected chi connectivity index (χ1v) is 7.25. The van der Waals surface area contributed by atoms with Crippen molar-refractivity contribution in [3.8, 4) is 0 Å². The lowest BCUT2D eigenvalue weighted by Gasteiger charge is -2.43. The molecule has 0 aromatic carbocycles. The normalized spacial score (nSPS) is 34.2. The number of fused-ring (bicyclic) bond motifs is 2. The number of pyridine rings is 1. The summed E-state index contributed by atoms with van der Waals surface area (Å²) in [4.78, 5) is 16.0. The third-order valence-electron chi connectivity index (χ3n) is 5.56.